The molecule has 1 fully saturated rings. The van der Waals surface area contributed by atoms with E-state index in [1.807, 2.05) is 31.2 Å². The number of benzene rings is 1. The Bertz CT molecular complexity index is 349. The van der Waals surface area contributed by atoms with Crippen molar-refractivity contribution in [2.24, 2.45) is 0 Å². The second-order valence-electron chi connectivity index (χ2n) is 4.38. The molecule has 2 heteroatoms. The van der Waals surface area contributed by atoms with Crippen LogP contribution in [0.15, 0.2) is 24.3 Å². The van der Waals surface area contributed by atoms with Crippen LogP contribution in [-0.4, -0.2) is 11.4 Å². The van der Waals surface area contributed by atoms with Gasteiger partial charge in [-0.3, -0.25) is 4.79 Å². The molecule has 1 N–H and O–H groups in total. The summed E-state index contributed by atoms with van der Waals surface area (Å²) in [6.45, 7) is 4.10. The number of amides is 1. The maximum atomic E-state index is 11.7. The summed E-state index contributed by atoms with van der Waals surface area (Å²) in [6, 6.07) is 7.67. The van der Waals surface area contributed by atoms with Crippen LogP contribution >= 0.6 is 0 Å². The van der Waals surface area contributed by atoms with Crippen LogP contribution in [0, 0.1) is 6.92 Å². The third kappa shape index (κ3) is 1.95. The van der Waals surface area contributed by atoms with Gasteiger partial charge in [0, 0.05) is 11.1 Å². The van der Waals surface area contributed by atoms with E-state index in [0.717, 1.165) is 18.4 Å². The first kappa shape index (κ1) is 9.25. The van der Waals surface area contributed by atoms with E-state index in [0.29, 0.717) is 0 Å². The minimum atomic E-state index is 0.0463. The van der Waals surface area contributed by atoms with Crippen molar-refractivity contribution < 1.29 is 4.79 Å². The molecule has 1 aromatic carbocycles. The van der Waals surface area contributed by atoms with Gasteiger partial charge in [-0.25, -0.2) is 0 Å². The average Bonchev–Trinajstić information content (AvgIpc) is 2.84. The summed E-state index contributed by atoms with van der Waals surface area (Å²) in [4.78, 5) is 11.7. The maximum Gasteiger partial charge on any atom is 0.251 e. The molecule has 0 unspecified atom stereocenters. The van der Waals surface area contributed by atoms with Crippen molar-refractivity contribution in [3.05, 3.63) is 35.4 Å². The van der Waals surface area contributed by atoms with Crippen molar-refractivity contribution in [3.8, 4) is 0 Å². The third-order valence-electron chi connectivity index (χ3n) is 2.73. The Labute approximate surface area is 84.3 Å². The smallest absolute Gasteiger partial charge is 0.251 e. The number of nitrogens with one attached hydrogen (secondary N) is 1. The zero-order valence-electron chi connectivity index (χ0n) is 8.63. The first-order valence-corrected chi connectivity index (χ1v) is 4.98. The highest BCUT2D eigenvalue weighted by atomic mass is 16.1. The Balaban J connectivity index is 2.07. The quantitative estimate of drug-likeness (QED) is 0.759. The minimum Gasteiger partial charge on any atom is -0.347 e. The van der Waals surface area contributed by atoms with Gasteiger partial charge in [-0.05, 0) is 38.8 Å². The van der Waals surface area contributed by atoms with E-state index in [9.17, 15) is 4.79 Å². The van der Waals surface area contributed by atoms with Gasteiger partial charge in [0.1, 0.15) is 0 Å². The molecular weight excluding hydrogens is 174 g/mol. The van der Waals surface area contributed by atoms with E-state index in [2.05, 4.69) is 12.2 Å². The van der Waals surface area contributed by atoms with E-state index in [1.165, 1.54) is 5.56 Å². The fraction of sp³-hybridized carbons (Fsp3) is 0.417. The summed E-state index contributed by atoms with van der Waals surface area (Å²) < 4.78 is 0. The van der Waals surface area contributed by atoms with Crippen LogP contribution in [-0.2, 0) is 0 Å². The molecule has 1 saturated carbocycles. The van der Waals surface area contributed by atoms with Crippen LogP contribution in [0.2, 0.25) is 0 Å². The van der Waals surface area contributed by atoms with E-state index in [4.69, 9.17) is 0 Å². The van der Waals surface area contributed by atoms with Crippen molar-refractivity contribution in [1.82, 2.24) is 5.32 Å². The van der Waals surface area contributed by atoms with Gasteiger partial charge in [0.25, 0.3) is 5.91 Å². The van der Waals surface area contributed by atoms with Crippen molar-refractivity contribution in [3.63, 3.8) is 0 Å². The van der Waals surface area contributed by atoms with Crippen LogP contribution in [0.3, 0.4) is 0 Å². The second-order valence-corrected chi connectivity index (χ2v) is 4.38. The summed E-state index contributed by atoms with van der Waals surface area (Å²) in [6.07, 6.45) is 2.20. The molecule has 1 aromatic rings. The summed E-state index contributed by atoms with van der Waals surface area (Å²) in [5.74, 6) is 0.0463. The van der Waals surface area contributed by atoms with E-state index in [-0.39, 0.29) is 11.4 Å². The number of rotatable bonds is 2. The number of hydrogen-bond acceptors (Lipinski definition) is 1. The van der Waals surface area contributed by atoms with Gasteiger partial charge in [0.15, 0.2) is 0 Å². The van der Waals surface area contributed by atoms with Gasteiger partial charge in [-0.1, -0.05) is 17.7 Å². The van der Waals surface area contributed by atoms with Crippen LogP contribution < -0.4 is 5.32 Å². The maximum absolute atomic E-state index is 11.7. The fourth-order valence-corrected chi connectivity index (χ4v) is 1.36. The molecule has 1 aliphatic rings. The lowest BCUT2D eigenvalue weighted by Gasteiger charge is -2.11. The summed E-state index contributed by atoms with van der Waals surface area (Å²) >= 11 is 0. The van der Waals surface area contributed by atoms with Crippen molar-refractivity contribution in [1.29, 1.82) is 0 Å². The summed E-state index contributed by atoms with van der Waals surface area (Å²) in [5, 5.41) is 3.03. The predicted octanol–water partition coefficient (Wildman–Crippen LogP) is 2.28. The molecule has 0 heterocycles. The molecule has 74 valence electrons. The highest BCUT2D eigenvalue weighted by molar-refractivity contribution is 5.94. The van der Waals surface area contributed by atoms with Crippen LogP contribution in [0.25, 0.3) is 0 Å². The standard InChI is InChI=1S/C12H15NO/c1-9-3-5-10(6-4-9)11(14)13-12(2)7-8-12/h3-6H,7-8H2,1-2H3,(H,13,14). The Morgan fingerprint density at radius 3 is 2.36 bits per heavy atom. The Hall–Kier alpha value is -1.31. The molecule has 1 aliphatic carbocycles. The third-order valence-corrected chi connectivity index (χ3v) is 2.73. The van der Waals surface area contributed by atoms with Crippen LogP contribution in [0.1, 0.15) is 35.7 Å². The Morgan fingerprint density at radius 1 is 1.29 bits per heavy atom. The molecule has 0 spiro atoms. The first-order chi connectivity index (χ1) is 6.59. The van der Waals surface area contributed by atoms with Crippen LogP contribution in [0.5, 0.6) is 0 Å². The fourth-order valence-electron chi connectivity index (χ4n) is 1.36. The van der Waals surface area contributed by atoms with Crippen LogP contribution in [0.4, 0.5) is 0 Å². The minimum absolute atomic E-state index is 0.0463. The predicted molar refractivity (Wildman–Crippen MR) is 56.3 cm³/mol. The summed E-state index contributed by atoms with van der Waals surface area (Å²) in [5.41, 5.74) is 2.00. The van der Waals surface area contributed by atoms with Gasteiger partial charge in [0.05, 0.1) is 0 Å². The average molecular weight is 189 g/mol. The normalized spacial score (nSPS) is 17.6. The Kier molecular flexibility index (Phi) is 2.06. The molecule has 2 nitrogen and oxygen atoms in total. The van der Waals surface area contributed by atoms with Gasteiger partial charge in [-0.2, -0.15) is 0 Å². The molecule has 0 saturated heterocycles. The molecule has 0 bridgehead atoms. The van der Waals surface area contributed by atoms with Gasteiger partial charge >= 0.3 is 0 Å². The topological polar surface area (TPSA) is 29.1 Å². The zero-order chi connectivity index (χ0) is 10.2. The monoisotopic (exact) mass is 189 g/mol. The molecule has 1 amide bonds. The highest BCUT2D eigenvalue weighted by Gasteiger charge is 2.38. The zero-order valence-corrected chi connectivity index (χ0v) is 8.63. The molecule has 14 heavy (non-hydrogen) atoms. The second kappa shape index (κ2) is 3.12. The van der Waals surface area contributed by atoms with Gasteiger partial charge < -0.3 is 5.32 Å². The summed E-state index contributed by atoms with van der Waals surface area (Å²) in [7, 11) is 0. The SMILES string of the molecule is Cc1ccc(C(=O)NC2(C)CC2)cc1. The molecule has 2 rings (SSSR count). The molecule has 0 aliphatic heterocycles. The number of aryl methyl sites for hydroxylation is 1. The molecular formula is C12H15NO. The molecule has 0 radical (unpaired) electrons. The molecule has 0 aromatic heterocycles. The number of carbonyl (C=O) groups is 1. The first-order valence-electron chi connectivity index (χ1n) is 4.98. The van der Waals surface area contributed by atoms with E-state index >= 15 is 0 Å². The Morgan fingerprint density at radius 2 is 1.86 bits per heavy atom. The lowest BCUT2D eigenvalue weighted by Crippen LogP contribution is -2.34. The number of carbonyl (C=O) groups excluding carboxylic acids is 1. The largest absolute Gasteiger partial charge is 0.347 e. The van der Waals surface area contributed by atoms with E-state index in [1.54, 1.807) is 0 Å². The lowest BCUT2D eigenvalue weighted by molar-refractivity contribution is 0.0935. The lowest BCUT2D eigenvalue weighted by atomic mass is 10.1. The van der Waals surface area contributed by atoms with Crippen molar-refractivity contribution in [2.75, 3.05) is 0 Å². The van der Waals surface area contributed by atoms with Gasteiger partial charge in [-0.15, -0.1) is 0 Å². The number of hydrogen-bond donors (Lipinski definition) is 1. The van der Waals surface area contributed by atoms with Crippen molar-refractivity contribution in [2.45, 2.75) is 32.2 Å². The van der Waals surface area contributed by atoms with Gasteiger partial charge in [0.2, 0.25) is 0 Å². The highest BCUT2D eigenvalue weighted by Crippen LogP contribution is 2.34. The van der Waals surface area contributed by atoms with E-state index < -0.39 is 0 Å². The van der Waals surface area contributed by atoms with Crippen molar-refractivity contribution >= 4 is 5.91 Å². The molecule has 0 atom stereocenters.